The van der Waals surface area contributed by atoms with Crippen LogP contribution in [0.1, 0.15) is 23.6 Å². The van der Waals surface area contributed by atoms with Crippen molar-refractivity contribution in [1.82, 2.24) is 4.90 Å². The average molecular weight is 427 g/mol. The van der Waals surface area contributed by atoms with Crippen molar-refractivity contribution in [3.63, 3.8) is 0 Å². The minimum atomic E-state index is -0.804. The van der Waals surface area contributed by atoms with Gasteiger partial charge in [-0.1, -0.05) is 24.3 Å². The van der Waals surface area contributed by atoms with E-state index in [1.54, 1.807) is 0 Å². The monoisotopic (exact) mass is 426 g/mol. The Balaban J connectivity index is 1.70. The number of aldehydes is 1. The Hall–Kier alpha value is -2.99. The molecule has 1 heterocycles. The second kappa shape index (κ2) is 10.9. The highest BCUT2D eigenvalue weighted by molar-refractivity contribution is 5.71. The lowest BCUT2D eigenvalue weighted by Crippen LogP contribution is -2.34. The lowest BCUT2D eigenvalue weighted by Gasteiger charge is -2.36. The minimum Gasteiger partial charge on any atom is -0.490 e. The van der Waals surface area contributed by atoms with E-state index in [2.05, 4.69) is 17.6 Å². The van der Waals surface area contributed by atoms with Gasteiger partial charge in [-0.25, -0.2) is 8.78 Å². The van der Waals surface area contributed by atoms with Crippen LogP contribution in [0.2, 0.25) is 0 Å². The third kappa shape index (κ3) is 5.79. The van der Waals surface area contributed by atoms with E-state index in [0.717, 1.165) is 49.0 Å². The van der Waals surface area contributed by atoms with Crippen LogP contribution in [-0.2, 0) is 11.2 Å². The van der Waals surface area contributed by atoms with Crippen molar-refractivity contribution in [2.45, 2.75) is 18.9 Å². The fraction of sp³-hybridized carbons (Fsp3) is 0.320. The van der Waals surface area contributed by atoms with Crippen molar-refractivity contribution in [2.75, 3.05) is 38.2 Å². The lowest BCUT2D eigenvalue weighted by molar-refractivity contribution is -0.109. The summed E-state index contributed by atoms with van der Waals surface area (Å²) in [5, 5.41) is 0. The smallest absolute Gasteiger partial charge is 0.147 e. The fourth-order valence-corrected chi connectivity index (χ4v) is 3.80. The predicted octanol–water partition coefficient (Wildman–Crippen LogP) is 4.71. The number of benzene rings is 2. The first-order chi connectivity index (χ1) is 15.0. The number of ether oxygens (including phenoxy) is 1. The predicted molar refractivity (Wildman–Crippen MR) is 120 cm³/mol. The number of anilines is 1. The Labute approximate surface area is 182 Å². The number of fused-ring (bicyclic) bond motifs is 1. The number of carbonyl (C=O) groups is 1. The molecule has 2 aromatic rings. The standard InChI is InChI=1S/C25H28F2N2O2/c1-3-12-28(2)13-4-5-15-31-21-9-11-24-19(16-21)7-6-14-29(24)25(18-30)22-10-8-20(26)17-23(22)27/h3-5,8-11,16-18,25H,1,6-7,12-15H2,2H3. The van der Waals surface area contributed by atoms with Crippen molar-refractivity contribution in [2.24, 2.45) is 0 Å². The Morgan fingerprint density at radius 1 is 1.19 bits per heavy atom. The number of nitrogens with zero attached hydrogens (tertiary/aromatic N) is 2. The van der Waals surface area contributed by atoms with E-state index in [4.69, 9.17) is 4.74 Å². The van der Waals surface area contributed by atoms with Gasteiger partial charge in [-0.3, -0.25) is 4.90 Å². The number of halogens is 2. The molecule has 1 aliphatic rings. The topological polar surface area (TPSA) is 32.8 Å². The van der Waals surface area contributed by atoms with Crippen molar-refractivity contribution < 1.29 is 18.3 Å². The highest BCUT2D eigenvalue weighted by Crippen LogP contribution is 2.36. The first-order valence-corrected chi connectivity index (χ1v) is 10.4. The van der Waals surface area contributed by atoms with Crippen LogP contribution in [0.4, 0.5) is 14.5 Å². The Morgan fingerprint density at radius 3 is 2.77 bits per heavy atom. The van der Waals surface area contributed by atoms with Gasteiger partial charge in [0, 0.05) is 37.0 Å². The van der Waals surface area contributed by atoms with Crippen molar-refractivity contribution in [1.29, 1.82) is 0 Å². The zero-order valence-corrected chi connectivity index (χ0v) is 17.8. The molecule has 1 unspecified atom stereocenters. The Kier molecular flexibility index (Phi) is 7.95. The summed E-state index contributed by atoms with van der Waals surface area (Å²) in [5.41, 5.74) is 2.10. The molecule has 3 rings (SSSR count). The molecule has 1 aliphatic heterocycles. The highest BCUT2D eigenvalue weighted by atomic mass is 19.1. The first kappa shape index (κ1) is 22.7. The van der Waals surface area contributed by atoms with Gasteiger partial charge < -0.3 is 14.4 Å². The van der Waals surface area contributed by atoms with Gasteiger partial charge >= 0.3 is 0 Å². The van der Waals surface area contributed by atoms with E-state index in [1.807, 2.05) is 42.3 Å². The van der Waals surface area contributed by atoms with E-state index in [0.29, 0.717) is 19.4 Å². The second-order valence-corrected chi connectivity index (χ2v) is 7.63. The van der Waals surface area contributed by atoms with Crippen LogP contribution >= 0.6 is 0 Å². The van der Waals surface area contributed by atoms with Crippen LogP contribution < -0.4 is 9.64 Å². The largest absolute Gasteiger partial charge is 0.490 e. The quantitative estimate of drug-likeness (QED) is 0.407. The van der Waals surface area contributed by atoms with Crippen LogP contribution in [-0.4, -0.2) is 44.5 Å². The molecular weight excluding hydrogens is 398 g/mol. The maximum absolute atomic E-state index is 14.3. The maximum Gasteiger partial charge on any atom is 0.147 e. The van der Waals surface area contributed by atoms with E-state index < -0.39 is 17.7 Å². The number of hydrogen-bond donors (Lipinski definition) is 0. The van der Waals surface area contributed by atoms with Crippen LogP contribution in [0.15, 0.2) is 61.2 Å². The first-order valence-electron chi connectivity index (χ1n) is 10.4. The van der Waals surface area contributed by atoms with E-state index >= 15 is 0 Å². The molecule has 1 atom stereocenters. The highest BCUT2D eigenvalue weighted by Gasteiger charge is 2.27. The van der Waals surface area contributed by atoms with Gasteiger partial charge in [0.2, 0.25) is 0 Å². The molecular formula is C25H28F2N2O2. The molecule has 0 spiro atoms. The summed E-state index contributed by atoms with van der Waals surface area (Å²) in [7, 11) is 2.02. The Morgan fingerprint density at radius 2 is 2.03 bits per heavy atom. The van der Waals surface area contributed by atoms with E-state index in [1.165, 1.54) is 12.1 Å². The summed E-state index contributed by atoms with van der Waals surface area (Å²) < 4.78 is 33.5. The van der Waals surface area contributed by atoms with Crippen molar-refractivity contribution >= 4 is 12.0 Å². The second-order valence-electron chi connectivity index (χ2n) is 7.63. The zero-order chi connectivity index (χ0) is 22.2. The van der Waals surface area contributed by atoms with Gasteiger partial charge in [0.15, 0.2) is 0 Å². The molecule has 0 fully saturated rings. The number of hydrogen-bond acceptors (Lipinski definition) is 4. The SMILES string of the molecule is C=CCN(C)CC=CCOc1ccc2c(c1)CCCN2C(C=O)c1ccc(F)cc1F. The molecule has 0 N–H and O–H groups in total. The van der Waals surface area contributed by atoms with Crippen LogP contribution in [0.5, 0.6) is 5.75 Å². The molecule has 0 aliphatic carbocycles. The van der Waals surface area contributed by atoms with Gasteiger partial charge in [0.05, 0.1) is 0 Å². The number of likely N-dealkylation sites (N-methyl/N-ethyl adjacent to an activating group) is 1. The molecule has 0 aromatic heterocycles. The van der Waals surface area contributed by atoms with Crippen molar-refractivity contribution in [3.8, 4) is 5.75 Å². The van der Waals surface area contributed by atoms with E-state index in [-0.39, 0.29) is 5.56 Å². The summed E-state index contributed by atoms with van der Waals surface area (Å²) in [6, 6.07) is 8.27. The summed E-state index contributed by atoms with van der Waals surface area (Å²) in [6.07, 6.45) is 8.28. The van der Waals surface area contributed by atoms with Gasteiger partial charge in [0.1, 0.15) is 36.3 Å². The molecule has 0 bridgehead atoms. The number of aryl methyl sites for hydroxylation is 1. The third-order valence-electron chi connectivity index (χ3n) is 5.32. The maximum atomic E-state index is 14.3. The zero-order valence-electron chi connectivity index (χ0n) is 17.8. The molecule has 0 radical (unpaired) electrons. The molecule has 0 saturated heterocycles. The molecule has 2 aromatic carbocycles. The number of carbonyl (C=O) groups excluding carboxylic acids is 1. The number of rotatable bonds is 10. The summed E-state index contributed by atoms with van der Waals surface area (Å²) in [5.74, 6) is -0.622. The van der Waals surface area contributed by atoms with Crippen LogP contribution in [0.25, 0.3) is 0 Å². The van der Waals surface area contributed by atoms with Crippen LogP contribution in [0, 0.1) is 11.6 Å². The molecule has 164 valence electrons. The molecule has 0 saturated carbocycles. The minimum absolute atomic E-state index is 0.177. The molecule has 6 heteroatoms. The van der Waals surface area contributed by atoms with Gasteiger partial charge in [-0.05, 0) is 49.7 Å². The molecule has 4 nitrogen and oxygen atoms in total. The van der Waals surface area contributed by atoms with Gasteiger partial charge in [-0.2, -0.15) is 0 Å². The molecule has 0 amide bonds. The fourth-order valence-electron chi connectivity index (χ4n) is 3.80. The third-order valence-corrected chi connectivity index (χ3v) is 5.32. The van der Waals surface area contributed by atoms with Gasteiger partial charge in [-0.15, -0.1) is 6.58 Å². The normalized spacial score (nSPS) is 14.5. The van der Waals surface area contributed by atoms with E-state index in [9.17, 15) is 13.6 Å². The van der Waals surface area contributed by atoms with Gasteiger partial charge in [0.25, 0.3) is 0 Å². The summed E-state index contributed by atoms with van der Waals surface area (Å²) >= 11 is 0. The summed E-state index contributed by atoms with van der Waals surface area (Å²) in [6.45, 7) is 6.45. The average Bonchev–Trinajstić information content (AvgIpc) is 2.75. The Bertz CT molecular complexity index is 945. The molecule has 31 heavy (non-hydrogen) atoms. The lowest BCUT2D eigenvalue weighted by atomic mass is 9.97. The summed E-state index contributed by atoms with van der Waals surface area (Å²) in [4.78, 5) is 15.9. The van der Waals surface area contributed by atoms with Crippen molar-refractivity contribution in [3.05, 3.63) is 84.0 Å². The van der Waals surface area contributed by atoms with Crippen LogP contribution in [0.3, 0.4) is 0 Å².